The number of ether oxygens (including phenoxy) is 2. The molecule has 2 fully saturated rings. The predicted octanol–water partition coefficient (Wildman–Crippen LogP) is 3.29. The lowest BCUT2D eigenvalue weighted by atomic mass is 9.86. The Kier molecular flexibility index (Phi) is 6.24. The molecule has 4 heterocycles. The van der Waals surface area contributed by atoms with Crippen LogP contribution in [0.5, 0.6) is 11.6 Å². The van der Waals surface area contributed by atoms with Gasteiger partial charge in [-0.2, -0.15) is 5.10 Å². The number of aliphatic hydroxyl groups is 1. The molecular formula is C25H32N6O3. The van der Waals surface area contributed by atoms with Gasteiger partial charge in [-0.1, -0.05) is 11.6 Å². The minimum atomic E-state index is -0.998. The number of benzene rings is 1. The topological polar surface area (TPSA) is 112 Å². The molecule has 2 aromatic heterocycles. The second-order valence-electron chi connectivity index (χ2n) is 9.51. The number of likely N-dealkylation sites (tertiary alicyclic amines) is 1. The van der Waals surface area contributed by atoms with Gasteiger partial charge >= 0.3 is 0 Å². The largest absolute Gasteiger partial charge is 0.433 e. The number of nitrogen functional groups attached to an aromatic ring is 1. The van der Waals surface area contributed by atoms with E-state index >= 15 is 0 Å². The molecule has 1 aromatic carbocycles. The Bertz CT molecular complexity index is 1150. The SMILES string of the molecule is Cc1cc(-c2cnc(N)c(Oc3cnn(C4CCN(C)CC4)c3)n2)cc(C2(O)CCCOC2)c1. The van der Waals surface area contributed by atoms with Gasteiger partial charge < -0.3 is 25.2 Å². The van der Waals surface area contributed by atoms with Crippen LogP contribution < -0.4 is 10.5 Å². The summed E-state index contributed by atoms with van der Waals surface area (Å²) in [5.74, 6) is 1.03. The highest BCUT2D eigenvalue weighted by Crippen LogP contribution is 2.34. The van der Waals surface area contributed by atoms with Gasteiger partial charge in [-0.15, -0.1) is 0 Å². The van der Waals surface area contributed by atoms with E-state index in [1.807, 2.05) is 36.0 Å². The monoisotopic (exact) mass is 464 g/mol. The quantitative estimate of drug-likeness (QED) is 0.592. The smallest absolute Gasteiger partial charge is 0.263 e. The summed E-state index contributed by atoms with van der Waals surface area (Å²) in [6, 6.07) is 6.32. The van der Waals surface area contributed by atoms with Crippen LogP contribution in [0.3, 0.4) is 0 Å². The summed E-state index contributed by atoms with van der Waals surface area (Å²) in [7, 11) is 2.14. The number of anilines is 1. The Labute approximate surface area is 199 Å². The standard InChI is InChI=1S/C25H32N6O3/c1-17-10-18(12-19(11-17)25(32)6-3-9-33-16-25)22-14-27-23(26)24(29-22)34-21-13-28-31(15-21)20-4-7-30(2)8-5-20/h10-15,20,32H,3-9,16H2,1-2H3,(H2,26,27). The maximum Gasteiger partial charge on any atom is 0.263 e. The van der Waals surface area contributed by atoms with Crippen molar-refractivity contribution in [3.05, 3.63) is 47.9 Å². The summed E-state index contributed by atoms with van der Waals surface area (Å²) in [4.78, 5) is 11.3. The molecule has 0 amide bonds. The molecule has 180 valence electrons. The van der Waals surface area contributed by atoms with Crippen LogP contribution >= 0.6 is 0 Å². The van der Waals surface area contributed by atoms with Gasteiger partial charge in [0.25, 0.3) is 5.88 Å². The Morgan fingerprint density at radius 3 is 2.79 bits per heavy atom. The van der Waals surface area contributed by atoms with Crippen molar-refractivity contribution < 1.29 is 14.6 Å². The zero-order chi connectivity index (χ0) is 23.7. The van der Waals surface area contributed by atoms with Gasteiger partial charge in [0.2, 0.25) is 0 Å². The third-order valence-corrected chi connectivity index (χ3v) is 6.75. The van der Waals surface area contributed by atoms with Crippen LogP contribution in [-0.4, -0.2) is 63.1 Å². The fourth-order valence-corrected chi connectivity index (χ4v) is 4.75. The molecule has 0 aliphatic carbocycles. The summed E-state index contributed by atoms with van der Waals surface area (Å²) in [6.45, 7) is 5.08. The summed E-state index contributed by atoms with van der Waals surface area (Å²) in [6.07, 6.45) is 8.82. The van der Waals surface area contributed by atoms with Gasteiger partial charge in [0.1, 0.15) is 5.60 Å². The zero-order valence-electron chi connectivity index (χ0n) is 19.8. The van der Waals surface area contributed by atoms with Crippen LogP contribution in [0.4, 0.5) is 5.82 Å². The average Bonchev–Trinajstić information content (AvgIpc) is 3.29. The first-order valence-electron chi connectivity index (χ1n) is 11.9. The summed E-state index contributed by atoms with van der Waals surface area (Å²) in [5.41, 5.74) is 8.40. The molecule has 0 radical (unpaired) electrons. The Morgan fingerprint density at radius 2 is 2.03 bits per heavy atom. The lowest BCUT2D eigenvalue weighted by molar-refractivity contribution is -0.0902. The van der Waals surface area contributed by atoms with Gasteiger partial charge in [-0.3, -0.25) is 4.68 Å². The molecule has 1 unspecified atom stereocenters. The number of aryl methyl sites for hydroxylation is 1. The predicted molar refractivity (Wildman–Crippen MR) is 129 cm³/mol. The van der Waals surface area contributed by atoms with E-state index in [2.05, 4.69) is 27.0 Å². The summed E-state index contributed by atoms with van der Waals surface area (Å²) in [5, 5.41) is 15.6. The van der Waals surface area contributed by atoms with E-state index in [4.69, 9.17) is 15.2 Å². The molecule has 3 aromatic rings. The number of piperidine rings is 1. The van der Waals surface area contributed by atoms with Crippen molar-refractivity contribution in [1.82, 2.24) is 24.6 Å². The maximum absolute atomic E-state index is 11.1. The van der Waals surface area contributed by atoms with Crippen molar-refractivity contribution in [1.29, 1.82) is 0 Å². The van der Waals surface area contributed by atoms with E-state index in [9.17, 15) is 5.11 Å². The molecule has 3 N–H and O–H groups in total. The normalized spacial score (nSPS) is 22.1. The van der Waals surface area contributed by atoms with Crippen LogP contribution in [0, 0.1) is 6.92 Å². The number of nitrogens with zero attached hydrogens (tertiary/aromatic N) is 5. The lowest BCUT2D eigenvalue weighted by Crippen LogP contribution is -2.35. The average molecular weight is 465 g/mol. The van der Waals surface area contributed by atoms with Gasteiger partial charge in [0.15, 0.2) is 11.6 Å². The van der Waals surface area contributed by atoms with E-state index < -0.39 is 5.60 Å². The second kappa shape index (κ2) is 9.32. The highest BCUT2D eigenvalue weighted by molar-refractivity contribution is 5.63. The molecule has 0 saturated carbocycles. The van der Waals surface area contributed by atoms with E-state index in [-0.39, 0.29) is 11.7 Å². The van der Waals surface area contributed by atoms with E-state index in [0.29, 0.717) is 37.1 Å². The van der Waals surface area contributed by atoms with Crippen molar-refractivity contribution in [2.75, 3.05) is 39.1 Å². The van der Waals surface area contributed by atoms with Crippen LogP contribution in [0.2, 0.25) is 0 Å². The van der Waals surface area contributed by atoms with Gasteiger partial charge in [0, 0.05) is 12.2 Å². The lowest BCUT2D eigenvalue weighted by Gasteiger charge is -2.33. The fourth-order valence-electron chi connectivity index (χ4n) is 4.75. The minimum Gasteiger partial charge on any atom is -0.433 e. The first-order chi connectivity index (χ1) is 16.4. The number of aromatic nitrogens is 4. The molecule has 2 aliphatic heterocycles. The second-order valence-corrected chi connectivity index (χ2v) is 9.51. The number of nitrogens with two attached hydrogens (primary N) is 1. The fraction of sp³-hybridized carbons (Fsp3) is 0.480. The molecule has 5 rings (SSSR count). The van der Waals surface area contributed by atoms with E-state index in [0.717, 1.165) is 49.0 Å². The molecule has 2 aliphatic rings. The molecule has 1 atom stereocenters. The highest BCUT2D eigenvalue weighted by atomic mass is 16.5. The first kappa shape index (κ1) is 22.8. The van der Waals surface area contributed by atoms with E-state index in [1.165, 1.54) is 0 Å². The number of hydrogen-bond acceptors (Lipinski definition) is 8. The van der Waals surface area contributed by atoms with Crippen molar-refractivity contribution in [3.8, 4) is 22.9 Å². The van der Waals surface area contributed by atoms with Crippen molar-refractivity contribution in [2.24, 2.45) is 0 Å². The molecule has 9 heteroatoms. The maximum atomic E-state index is 11.1. The number of rotatable bonds is 5. The summed E-state index contributed by atoms with van der Waals surface area (Å²) >= 11 is 0. The Morgan fingerprint density at radius 1 is 1.21 bits per heavy atom. The van der Waals surface area contributed by atoms with Crippen LogP contribution in [0.1, 0.15) is 42.9 Å². The van der Waals surface area contributed by atoms with E-state index in [1.54, 1.807) is 12.4 Å². The Balaban J connectivity index is 1.38. The third-order valence-electron chi connectivity index (χ3n) is 6.75. The van der Waals surface area contributed by atoms with Crippen LogP contribution in [0.25, 0.3) is 11.3 Å². The molecule has 9 nitrogen and oxygen atoms in total. The third kappa shape index (κ3) is 4.77. The molecular weight excluding hydrogens is 432 g/mol. The van der Waals surface area contributed by atoms with Crippen molar-refractivity contribution in [3.63, 3.8) is 0 Å². The van der Waals surface area contributed by atoms with Gasteiger partial charge in [0.05, 0.1) is 36.9 Å². The molecule has 0 spiro atoms. The molecule has 0 bridgehead atoms. The minimum absolute atomic E-state index is 0.211. The summed E-state index contributed by atoms with van der Waals surface area (Å²) < 4.78 is 13.5. The van der Waals surface area contributed by atoms with Gasteiger partial charge in [-0.05, 0) is 70.4 Å². The van der Waals surface area contributed by atoms with Crippen molar-refractivity contribution >= 4 is 5.82 Å². The van der Waals surface area contributed by atoms with Crippen molar-refractivity contribution in [2.45, 2.75) is 44.2 Å². The molecule has 2 saturated heterocycles. The van der Waals surface area contributed by atoms with Crippen LogP contribution in [0.15, 0.2) is 36.8 Å². The first-order valence-corrected chi connectivity index (χ1v) is 11.9. The van der Waals surface area contributed by atoms with Crippen LogP contribution in [-0.2, 0) is 10.3 Å². The number of hydrogen-bond donors (Lipinski definition) is 2. The van der Waals surface area contributed by atoms with Gasteiger partial charge in [-0.25, -0.2) is 9.97 Å². The Hall–Kier alpha value is -3.01. The molecule has 34 heavy (non-hydrogen) atoms. The highest BCUT2D eigenvalue weighted by Gasteiger charge is 2.32. The zero-order valence-corrected chi connectivity index (χ0v) is 19.8.